The van der Waals surface area contributed by atoms with Crippen LogP contribution in [0.5, 0.6) is 5.75 Å². The summed E-state index contributed by atoms with van der Waals surface area (Å²) in [6.45, 7) is 3.42. The number of benzene rings is 4. The fraction of sp³-hybridized carbons (Fsp3) is 0.161. The summed E-state index contributed by atoms with van der Waals surface area (Å²) in [5.41, 5.74) is 3.14. The minimum absolute atomic E-state index is 0.00522. The highest BCUT2D eigenvalue weighted by Gasteiger charge is 2.39. The maximum Gasteiger partial charge on any atom is 0.269 e. The molecule has 0 aliphatic carbocycles. The molecule has 0 saturated carbocycles. The van der Waals surface area contributed by atoms with E-state index in [2.05, 4.69) is 48.2 Å². The number of hydrogen-bond acceptors (Lipinski definition) is 6. The summed E-state index contributed by atoms with van der Waals surface area (Å²) in [6.07, 6.45) is 0.756. The largest absolute Gasteiger partial charge is 0.497 e. The van der Waals surface area contributed by atoms with Crippen LogP contribution in [0.15, 0.2) is 111 Å². The van der Waals surface area contributed by atoms with E-state index in [1.807, 2.05) is 59.5 Å². The Hall–Kier alpha value is -3.68. The Kier molecular flexibility index (Phi) is 6.87. The number of amides is 1. The van der Waals surface area contributed by atoms with Gasteiger partial charge in [0.1, 0.15) is 15.7 Å². The van der Waals surface area contributed by atoms with Gasteiger partial charge >= 0.3 is 0 Å². The van der Waals surface area contributed by atoms with Crippen LogP contribution in [-0.2, 0) is 11.2 Å². The van der Waals surface area contributed by atoms with Gasteiger partial charge in [-0.25, -0.2) is 4.99 Å². The van der Waals surface area contributed by atoms with Crippen molar-refractivity contribution >= 4 is 56.7 Å². The molecule has 2 aliphatic rings. The number of aliphatic imine (C=N–C) groups is 1. The lowest BCUT2D eigenvalue weighted by molar-refractivity contribution is -0.122. The molecule has 4 aromatic carbocycles. The first-order valence-corrected chi connectivity index (χ1v) is 14.3. The number of hydrogen-bond donors (Lipinski definition) is 0. The maximum atomic E-state index is 14.0. The van der Waals surface area contributed by atoms with Gasteiger partial charge in [-0.1, -0.05) is 78.5 Å². The maximum absolute atomic E-state index is 14.0. The number of thioether (sulfide) groups is 2. The predicted molar refractivity (Wildman–Crippen MR) is 159 cm³/mol. The van der Waals surface area contributed by atoms with Crippen LogP contribution < -0.4 is 9.64 Å². The summed E-state index contributed by atoms with van der Waals surface area (Å²) in [5, 5.41) is 3.88. The van der Waals surface area contributed by atoms with Crippen LogP contribution in [0.2, 0.25) is 0 Å². The van der Waals surface area contributed by atoms with Crippen molar-refractivity contribution in [3.8, 4) is 5.75 Å². The molecule has 0 spiro atoms. The molecular formula is C31H27N3O2S2. The van der Waals surface area contributed by atoms with Gasteiger partial charge in [-0.05, 0) is 54.3 Å². The molecule has 6 rings (SSSR count). The van der Waals surface area contributed by atoms with Crippen LogP contribution in [0, 0.1) is 0 Å². The Morgan fingerprint density at radius 1 is 0.868 bits per heavy atom. The molecule has 0 radical (unpaired) electrons. The van der Waals surface area contributed by atoms with Crippen molar-refractivity contribution in [2.24, 2.45) is 4.99 Å². The zero-order valence-corrected chi connectivity index (χ0v) is 22.9. The van der Waals surface area contributed by atoms with Crippen LogP contribution in [0.4, 0.5) is 11.4 Å². The molecule has 2 heterocycles. The molecule has 1 amide bonds. The third kappa shape index (κ3) is 4.57. The Bertz CT molecular complexity index is 1580. The lowest BCUT2D eigenvalue weighted by Crippen LogP contribution is -2.32. The van der Waals surface area contributed by atoms with E-state index in [4.69, 9.17) is 9.73 Å². The molecular weight excluding hydrogens is 510 g/mol. The third-order valence-corrected chi connectivity index (χ3v) is 9.11. The smallest absolute Gasteiger partial charge is 0.269 e. The van der Waals surface area contributed by atoms with Crippen molar-refractivity contribution in [3.05, 3.63) is 106 Å². The summed E-state index contributed by atoms with van der Waals surface area (Å²) >= 11 is 3.12. The molecule has 2 aliphatic heterocycles. The normalized spacial score (nSPS) is 18.1. The zero-order valence-electron chi connectivity index (χ0n) is 21.3. The number of carbonyl (C=O) groups excluding carboxylic acids is 1. The van der Waals surface area contributed by atoms with E-state index in [0.29, 0.717) is 6.54 Å². The first kappa shape index (κ1) is 24.6. The Morgan fingerprint density at radius 2 is 1.66 bits per heavy atom. The van der Waals surface area contributed by atoms with Crippen molar-refractivity contribution in [1.29, 1.82) is 0 Å². The zero-order chi connectivity index (χ0) is 26.1. The minimum atomic E-state index is 0.00522. The van der Waals surface area contributed by atoms with Gasteiger partial charge < -0.3 is 9.64 Å². The van der Waals surface area contributed by atoms with E-state index < -0.39 is 0 Å². The molecule has 4 aromatic rings. The molecule has 1 saturated heterocycles. The number of amidine groups is 1. The van der Waals surface area contributed by atoms with Crippen molar-refractivity contribution in [3.63, 3.8) is 0 Å². The van der Waals surface area contributed by atoms with E-state index in [-0.39, 0.29) is 5.91 Å². The number of ether oxygens (including phenoxy) is 1. The number of fused-ring (bicyclic) bond motifs is 2. The molecule has 7 heteroatoms. The average molecular weight is 538 g/mol. The minimum Gasteiger partial charge on any atom is -0.497 e. The van der Waals surface area contributed by atoms with E-state index in [1.165, 1.54) is 17.3 Å². The van der Waals surface area contributed by atoms with E-state index in [1.54, 1.807) is 18.9 Å². The second-order valence-corrected chi connectivity index (χ2v) is 11.0. The summed E-state index contributed by atoms with van der Waals surface area (Å²) in [6, 6.07) is 30.7. The van der Waals surface area contributed by atoms with Crippen molar-refractivity contribution in [2.45, 2.75) is 18.2 Å². The molecule has 38 heavy (non-hydrogen) atoms. The summed E-state index contributed by atoms with van der Waals surface area (Å²) in [4.78, 5) is 25.0. The number of methoxy groups -OCH3 is 1. The third-order valence-electron chi connectivity index (χ3n) is 6.73. The summed E-state index contributed by atoms with van der Waals surface area (Å²) in [5.74, 6) is 0.813. The van der Waals surface area contributed by atoms with Gasteiger partial charge in [0.25, 0.3) is 5.91 Å². The molecule has 0 unspecified atom stereocenters. The van der Waals surface area contributed by atoms with Crippen LogP contribution >= 0.6 is 23.5 Å². The first-order valence-electron chi connectivity index (χ1n) is 12.6. The highest BCUT2D eigenvalue weighted by molar-refractivity contribution is 8.19. The van der Waals surface area contributed by atoms with Crippen molar-refractivity contribution in [2.75, 3.05) is 25.1 Å². The second kappa shape index (κ2) is 10.6. The van der Waals surface area contributed by atoms with Gasteiger partial charge in [0, 0.05) is 29.4 Å². The fourth-order valence-corrected chi connectivity index (χ4v) is 7.17. The Balaban J connectivity index is 1.42. The van der Waals surface area contributed by atoms with Gasteiger partial charge in [-0.15, -0.1) is 0 Å². The Labute approximate surface area is 231 Å². The van der Waals surface area contributed by atoms with Crippen LogP contribution in [0.1, 0.15) is 12.5 Å². The molecule has 5 nitrogen and oxygen atoms in total. The van der Waals surface area contributed by atoms with E-state index >= 15 is 0 Å². The lowest BCUT2D eigenvalue weighted by atomic mass is 10.1. The predicted octanol–water partition coefficient (Wildman–Crippen LogP) is 7.46. The number of rotatable bonds is 6. The van der Waals surface area contributed by atoms with E-state index in [0.717, 1.165) is 60.9 Å². The molecule has 0 atom stereocenters. The highest BCUT2D eigenvalue weighted by atomic mass is 32.2. The van der Waals surface area contributed by atoms with Crippen molar-refractivity contribution < 1.29 is 9.53 Å². The second-order valence-electron chi connectivity index (χ2n) is 9.00. The van der Waals surface area contributed by atoms with E-state index in [9.17, 15) is 4.79 Å². The highest BCUT2D eigenvalue weighted by Crippen LogP contribution is 2.51. The summed E-state index contributed by atoms with van der Waals surface area (Å²) in [7, 11) is 1.68. The Morgan fingerprint density at radius 3 is 2.47 bits per heavy atom. The molecule has 190 valence electrons. The van der Waals surface area contributed by atoms with Gasteiger partial charge in [0.2, 0.25) is 0 Å². The van der Waals surface area contributed by atoms with Gasteiger partial charge in [0.15, 0.2) is 5.17 Å². The van der Waals surface area contributed by atoms with Crippen LogP contribution in [0.3, 0.4) is 0 Å². The molecule has 1 fully saturated rings. The lowest BCUT2D eigenvalue weighted by Gasteiger charge is -2.19. The number of nitrogens with zero attached hydrogens (tertiary/aromatic N) is 3. The topological polar surface area (TPSA) is 45.1 Å². The quantitative estimate of drug-likeness (QED) is 0.239. The van der Waals surface area contributed by atoms with Gasteiger partial charge in [0.05, 0.1) is 18.5 Å². The molecule has 0 bridgehead atoms. The summed E-state index contributed by atoms with van der Waals surface area (Å²) < 4.78 is 5.47. The standard InChI is InChI=1S/C31H27N3O2S2/c1-3-33-26-20-23(36-2)16-17-27(26)37-30(33)28-29(35)34(19-18-21-10-5-4-6-11-21)31(38-28)32-25-15-9-13-22-12-7-8-14-24(22)25/h4-17,20H,3,18-19H2,1-2H3/b30-28-,32-31?. The van der Waals surface area contributed by atoms with Gasteiger partial charge in [-0.3, -0.25) is 9.69 Å². The monoisotopic (exact) mass is 537 g/mol. The van der Waals surface area contributed by atoms with Gasteiger partial charge in [-0.2, -0.15) is 0 Å². The number of anilines is 1. The average Bonchev–Trinajstić information content (AvgIpc) is 3.48. The fourth-order valence-electron chi connectivity index (χ4n) is 4.78. The van der Waals surface area contributed by atoms with Crippen LogP contribution in [0.25, 0.3) is 10.8 Å². The van der Waals surface area contributed by atoms with Crippen LogP contribution in [-0.4, -0.2) is 36.2 Å². The first-order chi connectivity index (χ1) is 18.7. The molecule has 0 N–H and O–H groups in total. The van der Waals surface area contributed by atoms with Crippen molar-refractivity contribution in [1.82, 2.24) is 4.90 Å². The molecule has 0 aromatic heterocycles. The number of carbonyl (C=O) groups is 1. The SMILES string of the molecule is CCN1/C(=C2/SC(=Nc3cccc4ccccc34)N(CCc3ccccc3)C2=O)Sc2ccc(OC)cc21.